The lowest BCUT2D eigenvalue weighted by Crippen LogP contribution is -2.49. The normalized spacial score (nSPS) is 17.5. The number of methoxy groups -OCH3 is 1. The molecule has 1 amide bonds. The summed E-state index contributed by atoms with van der Waals surface area (Å²) in [7, 11) is 5.22. The van der Waals surface area contributed by atoms with Crippen LogP contribution < -0.4 is 5.32 Å². The monoisotopic (exact) mass is 356 g/mol. The first kappa shape index (κ1) is 21.7. The lowest BCUT2D eigenvalue weighted by Gasteiger charge is -2.35. The van der Waals surface area contributed by atoms with Gasteiger partial charge in [-0.3, -0.25) is 4.79 Å². The molecule has 7 nitrogen and oxygen atoms in total. The number of likely N-dealkylation sites (N-methyl/N-ethyl adjacent to an activating group) is 1. The number of rotatable bonds is 9. The zero-order valence-corrected chi connectivity index (χ0v) is 16.6. The second-order valence-corrected chi connectivity index (χ2v) is 6.79. The first-order valence-corrected chi connectivity index (χ1v) is 9.34. The smallest absolute Gasteiger partial charge is 0.243 e. The highest BCUT2D eigenvalue weighted by Gasteiger charge is 2.23. The van der Waals surface area contributed by atoms with Gasteiger partial charge in [-0.25, -0.2) is 4.99 Å². The van der Waals surface area contributed by atoms with E-state index in [-0.39, 0.29) is 12.5 Å². The molecule has 1 aliphatic heterocycles. The fraction of sp³-hybridized carbons (Fsp3) is 0.889. The van der Waals surface area contributed by atoms with Crippen LogP contribution in [-0.2, 0) is 14.3 Å². The van der Waals surface area contributed by atoms with Gasteiger partial charge in [0, 0.05) is 53.6 Å². The summed E-state index contributed by atoms with van der Waals surface area (Å²) in [4.78, 5) is 20.2. The number of hydrogen-bond donors (Lipinski definition) is 1. The Kier molecular flexibility index (Phi) is 10.5. The number of nitrogens with zero attached hydrogens (tertiary/aromatic N) is 3. The molecule has 25 heavy (non-hydrogen) atoms. The molecule has 1 saturated heterocycles. The van der Waals surface area contributed by atoms with Crippen molar-refractivity contribution in [2.75, 3.05) is 54.1 Å². The average Bonchev–Trinajstić information content (AvgIpc) is 2.62. The highest BCUT2D eigenvalue weighted by Crippen LogP contribution is 2.14. The molecule has 1 heterocycles. The van der Waals surface area contributed by atoms with Crippen LogP contribution in [0.1, 0.15) is 39.5 Å². The quantitative estimate of drug-likeness (QED) is 0.384. The first-order chi connectivity index (χ1) is 12.0. The van der Waals surface area contributed by atoms with Gasteiger partial charge in [0.25, 0.3) is 0 Å². The molecule has 0 aliphatic carbocycles. The molecule has 1 aliphatic rings. The Morgan fingerprint density at radius 3 is 2.56 bits per heavy atom. The van der Waals surface area contributed by atoms with Crippen molar-refractivity contribution in [2.24, 2.45) is 4.99 Å². The Morgan fingerprint density at radius 1 is 1.32 bits per heavy atom. The summed E-state index contributed by atoms with van der Waals surface area (Å²) in [6.45, 7) is 7.74. The van der Waals surface area contributed by atoms with Gasteiger partial charge < -0.3 is 24.6 Å². The minimum Gasteiger partial charge on any atom is -0.385 e. The number of nitrogens with one attached hydrogen (secondary N) is 1. The summed E-state index contributed by atoms with van der Waals surface area (Å²) in [5.74, 6) is 0.849. The first-order valence-electron chi connectivity index (χ1n) is 9.34. The molecule has 1 atom stereocenters. The van der Waals surface area contributed by atoms with Crippen LogP contribution in [0, 0.1) is 0 Å². The van der Waals surface area contributed by atoms with E-state index in [1.54, 1.807) is 26.1 Å². The maximum Gasteiger partial charge on any atom is 0.243 e. The van der Waals surface area contributed by atoms with Crippen molar-refractivity contribution < 1.29 is 14.3 Å². The number of amides is 1. The number of carbonyl (C=O) groups excluding carboxylic acids is 1. The average molecular weight is 357 g/mol. The van der Waals surface area contributed by atoms with Crippen LogP contribution in [0.4, 0.5) is 0 Å². The standard InChI is InChI=1S/C18H36N4O3/c1-6-15(2)20-18(19-14-17(23)21(3)4)22-10-8-16(9-11-22)25-13-7-12-24-5/h15-16H,6-14H2,1-5H3,(H,19,20). The minimum atomic E-state index is 0.0137. The number of likely N-dealkylation sites (tertiary alicyclic amines) is 1. The van der Waals surface area contributed by atoms with Crippen molar-refractivity contribution in [1.82, 2.24) is 15.1 Å². The maximum atomic E-state index is 11.9. The fourth-order valence-electron chi connectivity index (χ4n) is 2.53. The van der Waals surface area contributed by atoms with Crippen LogP contribution in [0.25, 0.3) is 0 Å². The van der Waals surface area contributed by atoms with Gasteiger partial charge in [0.1, 0.15) is 6.54 Å². The predicted molar refractivity (Wildman–Crippen MR) is 101 cm³/mol. The van der Waals surface area contributed by atoms with E-state index in [0.29, 0.717) is 12.1 Å². The number of guanidine groups is 1. The van der Waals surface area contributed by atoms with Crippen LogP contribution in [0.15, 0.2) is 4.99 Å². The van der Waals surface area contributed by atoms with Crippen molar-refractivity contribution in [3.63, 3.8) is 0 Å². The van der Waals surface area contributed by atoms with E-state index < -0.39 is 0 Å². The zero-order chi connectivity index (χ0) is 18.7. The summed E-state index contributed by atoms with van der Waals surface area (Å²) in [5.41, 5.74) is 0. The molecule has 1 rings (SSSR count). The van der Waals surface area contributed by atoms with Crippen molar-refractivity contribution >= 4 is 11.9 Å². The molecule has 1 N–H and O–H groups in total. The molecule has 0 aromatic heterocycles. The van der Waals surface area contributed by atoms with E-state index in [0.717, 1.165) is 57.9 Å². The Morgan fingerprint density at radius 2 is 2.00 bits per heavy atom. The Labute approximate surface area is 152 Å². The van der Waals surface area contributed by atoms with Crippen LogP contribution in [0.5, 0.6) is 0 Å². The molecule has 7 heteroatoms. The Bertz CT molecular complexity index is 407. The molecule has 0 aromatic rings. The highest BCUT2D eigenvalue weighted by molar-refractivity contribution is 5.85. The number of aliphatic imine (C=N–C) groups is 1. The summed E-state index contributed by atoms with van der Waals surface area (Å²) in [6, 6.07) is 0.330. The van der Waals surface area contributed by atoms with E-state index in [1.165, 1.54) is 0 Å². The lowest BCUT2D eigenvalue weighted by atomic mass is 10.1. The summed E-state index contributed by atoms with van der Waals surface area (Å²) >= 11 is 0. The fourth-order valence-corrected chi connectivity index (χ4v) is 2.53. The van der Waals surface area contributed by atoms with Crippen LogP contribution in [0.2, 0.25) is 0 Å². The number of hydrogen-bond acceptors (Lipinski definition) is 4. The third-order valence-corrected chi connectivity index (χ3v) is 4.44. The predicted octanol–water partition coefficient (Wildman–Crippen LogP) is 1.34. The third-order valence-electron chi connectivity index (χ3n) is 4.44. The van der Waals surface area contributed by atoms with Gasteiger partial charge in [-0.1, -0.05) is 6.92 Å². The van der Waals surface area contributed by atoms with Crippen molar-refractivity contribution in [1.29, 1.82) is 0 Å². The molecule has 0 saturated carbocycles. The highest BCUT2D eigenvalue weighted by atomic mass is 16.5. The number of piperidine rings is 1. The number of carbonyl (C=O) groups is 1. The Hall–Kier alpha value is -1.34. The largest absolute Gasteiger partial charge is 0.385 e. The summed E-state index contributed by atoms with van der Waals surface area (Å²) < 4.78 is 11.0. The van der Waals surface area contributed by atoms with Gasteiger partial charge in [-0.05, 0) is 32.6 Å². The summed E-state index contributed by atoms with van der Waals surface area (Å²) in [5, 5.41) is 3.45. The molecular weight excluding hydrogens is 320 g/mol. The van der Waals surface area contributed by atoms with Crippen LogP contribution >= 0.6 is 0 Å². The van der Waals surface area contributed by atoms with E-state index in [1.807, 2.05) is 0 Å². The SMILES string of the molecule is CCC(C)NC(=NCC(=O)N(C)C)N1CCC(OCCCOC)CC1. The zero-order valence-electron chi connectivity index (χ0n) is 16.6. The van der Waals surface area contributed by atoms with Gasteiger partial charge in [-0.15, -0.1) is 0 Å². The van der Waals surface area contributed by atoms with Crippen LogP contribution in [-0.4, -0.2) is 87.9 Å². The molecular formula is C18H36N4O3. The molecule has 146 valence electrons. The van der Waals surface area contributed by atoms with Crippen molar-refractivity contribution in [3.05, 3.63) is 0 Å². The van der Waals surface area contributed by atoms with E-state index >= 15 is 0 Å². The second kappa shape index (κ2) is 12.1. The van der Waals surface area contributed by atoms with E-state index in [4.69, 9.17) is 9.47 Å². The topological polar surface area (TPSA) is 66.4 Å². The second-order valence-electron chi connectivity index (χ2n) is 6.79. The Balaban J connectivity index is 2.53. The number of ether oxygens (including phenoxy) is 2. The van der Waals surface area contributed by atoms with Gasteiger partial charge in [-0.2, -0.15) is 0 Å². The molecule has 0 aromatic carbocycles. The molecule has 0 radical (unpaired) electrons. The molecule has 0 spiro atoms. The van der Waals surface area contributed by atoms with Crippen LogP contribution in [0.3, 0.4) is 0 Å². The van der Waals surface area contributed by atoms with Gasteiger partial charge in [0.2, 0.25) is 5.91 Å². The molecule has 0 bridgehead atoms. The van der Waals surface area contributed by atoms with Gasteiger partial charge in [0.05, 0.1) is 6.10 Å². The van der Waals surface area contributed by atoms with E-state index in [2.05, 4.69) is 29.1 Å². The van der Waals surface area contributed by atoms with Crippen molar-refractivity contribution in [3.8, 4) is 0 Å². The molecule has 1 fully saturated rings. The third kappa shape index (κ3) is 8.54. The maximum absolute atomic E-state index is 11.9. The van der Waals surface area contributed by atoms with E-state index in [9.17, 15) is 4.79 Å². The minimum absolute atomic E-state index is 0.0137. The lowest BCUT2D eigenvalue weighted by molar-refractivity contribution is -0.127. The summed E-state index contributed by atoms with van der Waals surface area (Å²) in [6.07, 6.45) is 4.22. The van der Waals surface area contributed by atoms with Crippen molar-refractivity contribution in [2.45, 2.75) is 51.7 Å². The van der Waals surface area contributed by atoms with Gasteiger partial charge >= 0.3 is 0 Å². The van der Waals surface area contributed by atoms with Gasteiger partial charge in [0.15, 0.2) is 5.96 Å². The molecule has 1 unspecified atom stereocenters.